The van der Waals surface area contributed by atoms with Crippen molar-refractivity contribution >= 4 is 26.6 Å². The normalized spacial score (nSPS) is 9.00. The van der Waals surface area contributed by atoms with Gasteiger partial charge in [-0.25, -0.2) is 0 Å². The van der Waals surface area contributed by atoms with Crippen LogP contribution in [0.25, 0.3) is 0 Å². The Morgan fingerprint density at radius 3 is 2.09 bits per heavy atom. The lowest BCUT2D eigenvalue weighted by Crippen LogP contribution is -2.20. The minimum absolute atomic E-state index is 0.0287. The molecule has 4 heteroatoms. The third kappa shape index (κ3) is 1.38. The van der Waals surface area contributed by atoms with Crippen LogP contribution in [0.15, 0.2) is 12.1 Å². The largest absolute Gasteiger partial charge is 0.508 e. The maximum Gasteiger partial charge on any atom is 0.115 e. The summed E-state index contributed by atoms with van der Waals surface area (Å²) in [7, 11) is 10.7. The predicted molar refractivity (Wildman–Crippen MR) is 43.6 cm³/mol. The van der Waals surface area contributed by atoms with E-state index in [1.807, 2.05) is 6.07 Å². The van der Waals surface area contributed by atoms with Crippen LogP contribution in [0, 0.1) is 11.3 Å². The number of aromatic hydroxyl groups is 1. The lowest BCUT2D eigenvalue weighted by Gasteiger charge is -2.02. The zero-order valence-corrected chi connectivity index (χ0v) is 5.70. The zero-order valence-electron chi connectivity index (χ0n) is 5.70. The van der Waals surface area contributed by atoms with E-state index in [0.29, 0.717) is 0 Å². The Morgan fingerprint density at radius 1 is 1.27 bits per heavy atom. The van der Waals surface area contributed by atoms with E-state index in [1.54, 1.807) is 0 Å². The van der Waals surface area contributed by atoms with Gasteiger partial charge in [-0.3, -0.25) is 0 Å². The average Bonchev–Trinajstić information content (AvgIpc) is 1.85. The van der Waals surface area contributed by atoms with Gasteiger partial charge >= 0.3 is 0 Å². The lowest BCUT2D eigenvalue weighted by molar-refractivity contribution is 0.476. The van der Waals surface area contributed by atoms with Crippen LogP contribution < -0.4 is 10.9 Å². The molecule has 1 aromatic rings. The van der Waals surface area contributed by atoms with Crippen LogP contribution in [0.3, 0.4) is 0 Å². The third-order valence-electron chi connectivity index (χ3n) is 1.30. The number of hydrogen-bond acceptors (Lipinski definition) is 2. The molecule has 0 spiro atoms. The highest BCUT2D eigenvalue weighted by Crippen LogP contribution is 2.02. The van der Waals surface area contributed by atoms with Crippen molar-refractivity contribution in [1.82, 2.24) is 0 Å². The van der Waals surface area contributed by atoms with Crippen LogP contribution in [-0.4, -0.2) is 20.8 Å². The standard InChI is InChI=1S/C7H3B2NO/c8-6-1-4(11)2-7(9)5(6)3-10/h1-2,11H. The van der Waals surface area contributed by atoms with Gasteiger partial charge in [0, 0.05) is 5.56 Å². The molecule has 0 saturated carbocycles. The summed E-state index contributed by atoms with van der Waals surface area (Å²) in [6.45, 7) is 0. The zero-order chi connectivity index (χ0) is 8.43. The highest BCUT2D eigenvalue weighted by molar-refractivity contribution is 6.40. The van der Waals surface area contributed by atoms with E-state index in [0.717, 1.165) is 0 Å². The van der Waals surface area contributed by atoms with Gasteiger partial charge in [0.25, 0.3) is 0 Å². The monoisotopic (exact) mass is 139 g/mol. The maximum atomic E-state index is 8.94. The fraction of sp³-hybridized carbons (Fsp3) is 0. The molecule has 0 saturated heterocycles. The Balaban J connectivity index is 3.40. The molecule has 0 bridgehead atoms. The van der Waals surface area contributed by atoms with E-state index in [-0.39, 0.29) is 22.2 Å². The topological polar surface area (TPSA) is 44.0 Å². The smallest absolute Gasteiger partial charge is 0.115 e. The molecule has 48 valence electrons. The Kier molecular flexibility index (Phi) is 1.91. The van der Waals surface area contributed by atoms with Crippen LogP contribution in [0.4, 0.5) is 0 Å². The molecule has 1 rings (SSSR count). The van der Waals surface area contributed by atoms with E-state index < -0.39 is 0 Å². The van der Waals surface area contributed by atoms with Crippen molar-refractivity contribution in [2.45, 2.75) is 0 Å². The maximum absolute atomic E-state index is 8.94. The van der Waals surface area contributed by atoms with E-state index in [2.05, 4.69) is 0 Å². The fourth-order valence-electron chi connectivity index (χ4n) is 0.800. The SMILES string of the molecule is [B]c1cc(O)cc([B])c1C#N. The summed E-state index contributed by atoms with van der Waals surface area (Å²) in [6.07, 6.45) is 0. The van der Waals surface area contributed by atoms with Crippen molar-refractivity contribution < 1.29 is 5.11 Å². The van der Waals surface area contributed by atoms with Crippen molar-refractivity contribution in [2.24, 2.45) is 0 Å². The van der Waals surface area contributed by atoms with Crippen LogP contribution in [0.5, 0.6) is 5.75 Å². The van der Waals surface area contributed by atoms with Gasteiger partial charge in [-0.15, -0.1) is 0 Å². The number of nitriles is 1. The number of nitrogens with zero attached hydrogens (tertiary/aromatic N) is 1. The minimum Gasteiger partial charge on any atom is -0.508 e. The van der Waals surface area contributed by atoms with Gasteiger partial charge in [-0.05, 0) is 12.1 Å². The van der Waals surface area contributed by atoms with Gasteiger partial charge in [-0.2, -0.15) is 5.26 Å². The summed E-state index contributed by atoms with van der Waals surface area (Å²) in [6, 6.07) is 4.40. The van der Waals surface area contributed by atoms with E-state index in [4.69, 9.17) is 26.1 Å². The van der Waals surface area contributed by atoms with Crippen molar-refractivity contribution in [3.63, 3.8) is 0 Å². The van der Waals surface area contributed by atoms with E-state index in [1.165, 1.54) is 12.1 Å². The minimum atomic E-state index is -0.0287. The molecule has 2 nitrogen and oxygen atoms in total. The molecule has 0 atom stereocenters. The third-order valence-corrected chi connectivity index (χ3v) is 1.30. The number of rotatable bonds is 0. The van der Waals surface area contributed by atoms with Gasteiger partial charge in [0.2, 0.25) is 0 Å². The molecule has 0 heterocycles. The van der Waals surface area contributed by atoms with Gasteiger partial charge in [0.1, 0.15) is 21.4 Å². The van der Waals surface area contributed by atoms with Crippen LogP contribution in [0.1, 0.15) is 5.56 Å². The Morgan fingerprint density at radius 2 is 1.73 bits per heavy atom. The molecule has 0 fully saturated rings. The molecule has 0 aliphatic rings. The molecule has 0 aromatic heterocycles. The Labute approximate surface area is 67.3 Å². The van der Waals surface area contributed by atoms with Gasteiger partial charge < -0.3 is 5.11 Å². The number of phenols is 1. The summed E-state index contributed by atoms with van der Waals surface area (Å²) in [5.41, 5.74) is 0.609. The highest BCUT2D eigenvalue weighted by Gasteiger charge is 2.01. The molecular weight excluding hydrogens is 136 g/mol. The summed E-state index contributed by atoms with van der Waals surface area (Å²) in [4.78, 5) is 0. The summed E-state index contributed by atoms with van der Waals surface area (Å²) >= 11 is 0. The number of hydrogen-bond donors (Lipinski definition) is 1. The summed E-state index contributed by atoms with van der Waals surface area (Å²) < 4.78 is 0. The van der Waals surface area contributed by atoms with Gasteiger partial charge in [0.05, 0.1) is 6.07 Å². The molecule has 1 N–H and O–H groups in total. The van der Waals surface area contributed by atoms with Crippen molar-refractivity contribution in [2.75, 3.05) is 0 Å². The predicted octanol–water partition coefficient (Wildman–Crippen LogP) is -1.15. The molecule has 0 unspecified atom stereocenters. The number of benzene rings is 1. The second kappa shape index (κ2) is 2.71. The van der Waals surface area contributed by atoms with Gasteiger partial charge in [0.15, 0.2) is 0 Å². The molecule has 4 radical (unpaired) electrons. The first-order valence-electron chi connectivity index (χ1n) is 2.93. The second-order valence-corrected chi connectivity index (χ2v) is 2.11. The van der Waals surface area contributed by atoms with Crippen LogP contribution in [0.2, 0.25) is 0 Å². The molecule has 11 heavy (non-hydrogen) atoms. The quantitative estimate of drug-likeness (QED) is 0.461. The lowest BCUT2D eigenvalue weighted by atomic mass is 9.81. The Hall–Kier alpha value is -1.36. The molecular formula is C7H3B2NO. The first-order valence-corrected chi connectivity index (χ1v) is 2.93. The molecule has 1 aromatic carbocycles. The van der Waals surface area contributed by atoms with Crippen LogP contribution >= 0.6 is 0 Å². The first-order chi connectivity index (χ1) is 5.15. The second-order valence-electron chi connectivity index (χ2n) is 2.11. The van der Waals surface area contributed by atoms with Gasteiger partial charge in [-0.1, -0.05) is 10.9 Å². The van der Waals surface area contributed by atoms with Crippen molar-refractivity contribution in [3.8, 4) is 11.8 Å². The van der Waals surface area contributed by atoms with Crippen molar-refractivity contribution in [1.29, 1.82) is 5.26 Å². The highest BCUT2D eigenvalue weighted by atomic mass is 16.3. The number of phenolic OH excluding ortho intramolecular Hbond substituents is 1. The fourth-order valence-corrected chi connectivity index (χ4v) is 0.800. The van der Waals surface area contributed by atoms with Crippen LogP contribution in [-0.2, 0) is 0 Å². The van der Waals surface area contributed by atoms with E-state index in [9.17, 15) is 0 Å². The Bertz CT molecular complexity index is 307. The average molecular weight is 139 g/mol. The first kappa shape index (κ1) is 7.74. The van der Waals surface area contributed by atoms with Crippen molar-refractivity contribution in [3.05, 3.63) is 17.7 Å². The summed E-state index contributed by atoms with van der Waals surface area (Å²) in [5.74, 6) is -0.0287. The molecule has 0 aliphatic heterocycles. The molecule has 0 amide bonds. The van der Waals surface area contributed by atoms with E-state index >= 15 is 0 Å². The summed E-state index contributed by atoms with van der Waals surface area (Å²) in [5, 5.41) is 17.4. The molecule has 0 aliphatic carbocycles.